The molecule has 0 aromatic carbocycles. The predicted molar refractivity (Wildman–Crippen MR) is 89.8 cm³/mol. The van der Waals surface area contributed by atoms with Crippen LogP contribution < -0.4 is 5.73 Å². The van der Waals surface area contributed by atoms with Crippen molar-refractivity contribution < 1.29 is 0 Å². The first-order chi connectivity index (χ1) is 9.30. The lowest BCUT2D eigenvalue weighted by Gasteiger charge is -2.49. The fraction of sp³-hybridized carbons (Fsp3) is 1.00. The largest absolute Gasteiger partial charge is 0.329 e. The van der Waals surface area contributed by atoms with E-state index in [1.165, 1.54) is 38.8 Å². The lowest BCUT2D eigenvalue weighted by Crippen LogP contribution is -2.57. The molecule has 1 aliphatic rings. The predicted octanol–water partition coefficient (Wildman–Crippen LogP) is 4.14. The van der Waals surface area contributed by atoms with Crippen LogP contribution in [0.4, 0.5) is 0 Å². The Morgan fingerprint density at radius 3 is 1.70 bits per heavy atom. The van der Waals surface area contributed by atoms with Crippen LogP contribution >= 0.6 is 0 Å². The van der Waals surface area contributed by atoms with Gasteiger partial charge in [-0.05, 0) is 62.4 Å². The van der Waals surface area contributed by atoms with Crippen molar-refractivity contribution in [1.82, 2.24) is 4.90 Å². The van der Waals surface area contributed by atoms with E-state index < -0.39 is 0 Å². The summed E-state index contributed by atoms with van der Waals surface area (Å²) in [6.45, 7) is 17.4. The summed E-state index contributed by atoms with van der Waals surface area (Å²) in [7, 11) is 0. The topological polar surface area (TPSA) is 29.3 Å². The van der Waals surface area contributed by atoms with Gasteiger partial charge in [-0.25, -0.2) is 0 Å². The van der Waals surface area contributed by atoms with Gasteiger partial charge in [-0.15, -0.1) is 0 Å². The van der Waals surface area contributed by atoms with Crippen LogP contribution in [0.1, 0.15) is 67.2 Å². The van der Waals surface area contributed by atoms with Gasteiger partial charge in [0.2, 0.25) is 0 Å². The highest BCUT2D eigenvalue weighted by atomic mass is 15.2. The third-order valence-corrected chi connectivity index (χ3v) is 5.11. The molecule has 2 nitrogen and oxygen atoms in total. The Morgan fingerprint density at radius 1 is 0.950 bits per heavy atom. The highest BCUT2D eigenvalue weighted by molar-refractivity contribution is 4.95. The maximum Gasteiger partial charge on any atom is 0.0336 e. The average Bonchev–Trinajstić information content (AvgIpc) is 2.36. The summed E-state index contributed by atoms with van der Waals surface area (Å²) >= 11 is 0. The molecule has 0 aromatic rings. The molecule has 0 saturated carbocycles. The molecular formula is C18H38N2. The van der Waals surface area contributed by atoms with Crippen LogP contribution in [0.5, 0.6) is 0 Å². The minimum atomic E-state index is 0.240. The second kappa shape index (κ2) is 7.79. The molecule has 0 spiro atoms. The van der Waals surface area contributed by atoms with Crippen LogP contribution in [0.15, 0.2) is 0 Å². The van der Waals surface area contributed by atoms with E-state index in [-0.39, 0.29) is 5.54 Å². The Morgan fingerprint density at radius 2 is 1.40 bits per heavy atom. The molecule has 1 saturated heterocycles. The molecule has 1 fully saturated rings. The fourth-order valence-electron chi connectivity index (χ4n) is 4.20. The molecule has 0 radical (unpaired) electrons. The Bertz CT molecular complexity index is 253. The van der Waals surface area contributed by atoms with E-state index in [9.17, 15) is 0 Å². The van der Waals surface area contributed by atoms with Gasteiger partial charge in [-0.1, -0.05) is 41.5 Å². The summed E-state index contributed by atoms with van der Waals surface area (Å²) in [4.78, 5) is 2.74. The van der Waals surface area contributed by atoms with Gasteiger partial charge < -0.3 is 5.73 Å². The number of hydrogen-bond donors (Lipinski definition) is 1. The summed E-state index contributed by atoms with van der Waals surface area (Å²) in [5.74, 6) is 3.19. The second-order valence-electron chi connectivity index (χ2n) is 8.19. The molecule has 1 rings (SSSR count). The quantitative estimate of drug-likeness (QED) is 0.760. The minimum Gasteiger partial charge on any atom is -0.329 e. The number of piperidine rings is 1. The van der Waals surface area contributed by atoms with Crippen LogP contribution in [0.3, 0.4) is 0 Å². The van der Waals surface area contributed by atoms with Crippen LogP contribution in [0, 0.1) is 23.7 Å². The van der Waals surface area contributed by atoms with Gasteiger partial charge in [0, 0.05) is 12.1 Å². The average molecular weight is 283 g/mol. The molecule has 1 aliphatic heterocycles. The van der Waals surface area contributed by atoms with Gasteiger partial charge in [0.05, 0.1) is 0 Å². The highest BCUT2D eigenvalue weighted by Crippen LogP contribution is 2.35. The molecule has 0 atom stereocenters. The van der Waals surface area contributed by atoms with Crippen molar-refractivity contribution in [2.24, 2.45) is 29.4 Å². The Hall–Kier alpha value is -0.0800. The fourth-order valence-corrected chi connectivity index (χ4v) is 4.20. The Labute approximate surface area is 127 Å². The number of nitrogens with two attached hydrogens (primary N) is 1. The monoisotopic (exact) mass is 282 g/mol. The van der Waals surface area contributed by atoms with Crippen molar-refractivity contribution in [3.8, 4) is 0 Å². The summed E-state index contributed by atoms with van der Waals surface area (Å²) in [6, 6.07) is 0. The van der Waals surface area contributed by atoms with Gasteiger partial charge >= 0.3 is 0 Å². The van der Waals surface area contributed by atoms with Crippen LogP contribution in [-0.4, -0.2) is 30.1 Å². The molecule has 2 heteroatoms. The van der Waals surface area contributed by atoms with E-state index in [0.717, 1.165) is 30.2 Å². The van der Waals surface area contributed by atoms with E-state index in [2.05, 4.69) is 46.4 Å². The van der Waals surface area contributed by atoms with E-state index in [1.54, 1.807) is 0 Å². The van der Waals surface area contributed by atoms with Crippen molar-refractivity contribution in [3.63, 3.8) is 0 Å². The molecule has 0 bridgehead atoms. The third kappa shape index (κ3) is 4.73. The van der Waals surface area contributed by atoms with Crippen molar-refractivity contribution in [1.29, 1.82) is 0 Å². The minimum absolute atomic E-state index is 0.240. The lowest BCUT2D eigenvalue weighted by molar-refractivity contribution is 0.0173. The normalized spacial score (nSPS) is 19.5. The van der Waals surface area contributed by atoms with Gasteiger partial charge in [0.15, 0.2) is 0 Å². The third-order valence-electron chi connectivity index (χ3n) is 5.11. The molecule has 120 valence electrons. The molecule has 0 aliphatic carbocycles. The first-order valence-corrected chi connectivity index (χ1v) is 8.76. The molecular weight excluding hydrogens is 244 g/mol. The summed E-state index contributed by atoms with van der Waals surface area (Å²) in [6.07, 6.45) is 5.20. The zero-order chi connectivity index (χ0) is 15.3. The smallest absolute Gasteiger partial charge is 0.0336 e. The van der Waals surface area contributed by atoms with Gasteiger partial charge in [-0.3, -0.25) is 4.90 Å². The number of nitrogens with zero attached hydrogens (tertiary/aromatic N) is 1. The highest BCUT2D eigenvalue weighted by Gasteiger charge is 2.38. The summed E-state index contributed by atoms with van der Waals surface area (Å²) in [5.41, 5.74) is 6.53. The van der Waals surface area contributed by atoms with Crippen LogP contribution in [0.25, 0.3) is 0 Å². The second-order valence-corrected chi connectivity index (χ2v) is 8.19. The van der Waals surface area contributed by atoms with Gasteiger partial charge in [-0.2, -0.15) is 0 Å². The first-order valence-electron chi connectivity index (χ1n) is 8.76. The zero-order valence-corrected chi connectivity index (χ0v) is 14.8. The Balaban J connectivity index is 2.78. The number of likely N-dealkylation sites (tertiary alicyclic amines) is 1. The molecule has 0 aromatic heterocycles. The molecule has 1 heterocycles. The van der Waals surface area contributed by atoms with Gasteiger partial charge in [0.25, 0.3) is 0 Å². The standard InChI is InChI=1S/C18H38N2/c1-14(2)11-18(13-19,12-15(3)4)20-9-7-17(8-10-20)16(5)6/h14-17H,7-13,19H2,1-6H3. The molecule has 20 heavy (non-hydrogen) atoms. The molecule has 2 N–H and O–H groups in total. The zero-order valence-electron chi connectivity index (χ0n) is 14.8. The first kappa shape index (κ1) is 18.0. The number of hydrogen-bond acceptors (Lipinski definition) is 2. The maximum absolute atomic E-state index is 6.29. The Kier molecular flexibility index (Phi) is 7.00. The number of rotatable bonds is 7. The summed E-state index contributed by atoms with van der Waals surface area (Å²) < 4.78 is 0. The van der Waals surface area contributed by atoms with E-state index >= 15 is 0 Å². The van der Waals surface area contributed by atoms with E-state index in [0.29, 0.717) is 0 Å². The summed E-state index contributed by atoms with van der Waals surface area (Å²) in [5, 5.41) is 0. The lowest BCUT2D eigenvalue weighted by atomic mass is 9.77. The molecule has 0 amide bonds. The van der Waals surface area contributed by atoms with E-state index in [4.69, 9.17) is 5.73 Å². The van der Waals surface area contributed by atoms with Crippen LogP contribution in [0.2, 0.25) is 0 Å². The van der Waals surface area contributed by atoms with E-state index in [1.807, 2.05) is 0 Å². The van der Waals surface area contributed by atoms with Crippen molar-refractivity contribution >= 4 is 0 Å². The van der Waals surface area contributed by atoms with Crippen LogP contribution in [-0.2, 0) is 0 Å². The van der Waals surface area contributed by atoms with Crippen molar-refractivity contribution in [3.05, 3.63) is 0 Å². The molecule has 0 unspecified atom stereocenters. The van der Waals surface area contributed by atoms with Crippen molar-refractivity contribution in [2.45, 2.75) is 72.8 Å². The van der Waals surface area contributed by atoms with Gasteiger partial charge in [0.1, 0.15) is 0 Å². The van der Waals surface area contributed by atoms with Crippen molar-refractivity contribution in [2.75, 3.05) is 19.6 Å². The maximum atomic E-state index is 6.29. The SMILES string of the molecule is CC(C)CC(CN)(CC(C)C)N1CCC(C(C)C)CC1.